The lowest BCUT2D eigenvalue weighted by atomic mass is 10.1. The van der Waals surface area contributed by atoms with Crippen LogP contribution in [0.2, 0.25) is 0 Å². The molecular weight excluding hydrogens is 238 g/mol. The van der Waals surface area contributed by atoms with E-state index in [1.54, 1.807) is 0 Å². The number of benzene rings is 1. The molecule has 0 aliphatic heterocycles. The maximum atomic E-state index is 4.13. The fraction of sp³-hybridized carbons (Fsp3) is 0.500. The van der Waals surface area contributed by atoms with Gasteiger partial charge in [-0.15, -0.1) is 5.10 Å². The summed E-state index contributed by atoms with van der Waals surface area (Å²) in [6, 6.07) is 8.48. The molecule has 1 aromatic carbocycles. The van der Waals surface area contributed by atoms with Crippen molar-refractivity contribution < 1.29 is 0 Å². The zero-order chi connectivity index (χ0) is 13.7. The summed E-state index contributed by atoms with van der Waals surface area (Å²) in [4.78, 5) is 0. The molecule has 0 amide bonds. The van der Waals surface area contributed by atoms with E-state index in [4.69, 9.17) is 0 Å². The number of hydrogen-bond donors (Lipinski definition) is 1. The highest BCUT2D eigenvalue weighted by Crippen LogP contribution is 2.12. The van der Waals surface area contributed by atoms with Crippen LogP contribution in [0.15, 0.2) is 24.3 Å². The predicted octanol–water partition coefficient (Wildman–Crippen LogP) is 2.09. The number of tetrazole rings is 1. The molecule has 0 radical (unpaired) electrons. The summed E-state index contributed by atoms with van der Waals surface area (Å²) >= 11 is 0. The Balaban J connectivity index is 2.14. The summed E-state index contributed by atoms with van der Waals surface area (Å²) < 4.78 is 1.87. The Morgan fingerprint density at radius 2 is 2.11 bits per heavy atom. The number of hydrogen-bond acceptors (Lipinski definition) is 4. The maximum absolute atomic E-state index is 4.13. The highest BCUT2D eigenvalue weighted by atomic mass is 15.5. The van der Waals surface area contributed by atoms with Crippen LogP contribution in [0, 0.1) is 6.92 Å². The molecule has 0 aliphatic rings. The molecule has 1 heterocycles. The summed E-state index contributed by atoms with van der Waals surface area (Å²) in [5.41, 5.74) is 2.51. The Bertz CT molecular complexity index is 520. The first-order valence-corrected chi connectivity index (χ1v) is 6.76. The first-order valence-electron chi connectivity index (χ1n) is 6.76. The van der Waals surface area contributed by atoms with E-state index >= 15 is 0 Å². The smallest absolute Gasteiger partial charge is 0.168 e. The van der Waals surface area contributed by atoms with Gasteiger partial charge in [0.1, 0.15) is 0 Å². The molecule has 2 rings (SSSR count). The Kier molecular flexibility index (Phi) is 4.63. The van der Waals surface area contributed by atoms with E-state index in [-0.39, 0.29) is 6.04 Å². The van der Waals surface area contributed by atoms with Gasteiger partial charge in [0, 0.05) is 0 Å². The first kappa shape index (κ1) is 13.7. The second-order valence-corrected chi connectivity index (χ2v) is 4.80. The maximum Gasteiger partial charge on any atom is 0.168 e. The Morgan fingerprint density at radius 3 is 2.84 bits per heavy atom. The Hall–Kier alpha value is -1.75. The highest BCUT2D eigenvalue weighted by molar-refractivity contribution is 5.25. The summed E-state index contributed by atoms with van der Waals surface area (Å²) in [6.07, 6.45) is 1.10. The quantitative estimate of drug-likeness (QED) is 0.863. The van der Waals surface area contributed by atoms with Crippen molar-refractivity contribution in [1.82, 2.24) is 25.5 Å². The Morgan fingerprint density at radius 1 is 1.32 bits per heavy atom. The van der Waals surface area contributed by atoms with E-state index in [0.717, 1.165) is 18.8 Å². The number of rotatable bonds is 6. The average molecular weight is 259 g/mol. The largest absolute Gasteiger partial charge is 0.307 e. The monoisotopic (exact) mass is 259 g/mol. The van der Waals surface area contributed by atoms with Crippen molar-refractivity contribution in [2.45, 2.75) is 39.8 Å². The van der Waals surface area contributed by atoms with E-state index in [2.05, 4.69) is 53.7 Å². The lowest BCUT2D eigenvalue weighted by molar-refractivity contribution is 0.503. The van der Waals surface area contributed by atoms with E-state index in [1.807, 2.05) is 16.8 Å². The van der Waals surface area contributed by atoms with Crippen LogP contribution in [-0.4, -0.2) is 26.8 Å². The van der Waals surface area contributed by atoms with Crippen LogP contribution < -0.4 is 5.32 Å². The van der Waals surface area contributed by atoms with E-state index in [9.17, 15) is 0 Å². The average Bonchev–Trinajstić information content (AvgIpc) is 2.87. The van der Waals surface area contributed by atoms with Crippen LogP contribution in [0.1, 0.15) is 43.3 Å². The molecule has 19 heavy (non-hydrogen) atoms. The molecule has 0 saturated heterocycles. The lowest BCUT2D eigenvalue weighted by Gasteiger charge is -2.13. The van der Waals surface area contributed by atoms with Gasteiger partial charge in [-0.3, -0.25) is 0 Å². The predicted molar refractivity (Wildman–Crippen MR) is 74.8 cm³/mol. The standard InChI is InChI=1S/C14H21N5/c1-4-9-15-12(3)14-16-17-18-19(14)10-13-8-6-5-7-11(13)2/h5-8,12,15H,4,9-10H2,1-3H3. The van der Waals surface area contributed by atoms with Crippen molar-refractivity contribution >= 4 is 0 Å². The SMILES string of the molecule is CCCNC(C)c1nnnn1Cc1ccccc1C. The molecule has 1 N–H and O–H groups in total. The van der Waals surface area contributed by atoms with Gasteiger partial charge in [0.2, 0.25) is 0 Å². The molecule has 102 valence electrons. The summed E-state index contributed by atoms with van der Waals surface area (Å²) in [5, 5.41) is 15.4. The molecule has 5 heteroatoms. The zero-order valence-corrected chi connectivity index (χ0v) is 11.8. The number of nitrogens with one attached hydrogen (secondary N) is 1. The zero-order valence-electron chi connectivity index (χ0n) is 11.8. The van der Waals surface area contributed by atoms with Crippen LogP contribution in [0.5, 0.6) is 0 Å². The first-order chi connectivity index (χ1) is 9.22. The van der Waals surface area contributed by atoms with E-state index < -0.39 is 0 Å². The summed E-state index contributed by atoms with van der Waals surface area (Å²) in [6.45, 7) is 8.04. The van der Waals surface area contributed by atoms with Gasteiger partial charge < -0.3 is 5.32 Å². The van der Waals surface area contributed by atoms with Crippen LogP contribution in [0.3, 0.4) is 0 Å². The molecule has 0 spiro atoms. The Labute approximate surface area is 114 Å². The third kappa shape index (κ3) is 3.38. The minimum Gasteiger partial charge on any atom is -0.307 e. The van der Waals surface area contributed by atoms with Crippen LogP contribution in [0.4, 0.5) is 0 Å². The number of nitrogens with zero attached hydrogens (tertiary/aromatic N) is 4. The number of aryl methyl sites for hydroxylation is 1. The van der Waals surface area contributed by atoms with Crippen molar-refractivity contribution in [3.63, 3.8) is 0 Å². The minimum atomic E-state index is 0.166. The fourth-order valence-corrected chi connectivity index (χ4v) is 2.04. The van der Waals surface area contributed by atoms with Crippen molar-refractivity contribution in [3.8, 4) is 0 Å². The van der Waals surface area contributed by atoms with Crippen LogP contribution in [0.25, 0.3) is 0 Å². The number of aromatic nitrogens is 4. The van der Waals surface area contributed by atoms with Gasteiger partial charge in [-0.1, -0.05) is 31.2 Å². The normalized spacial score (nSPS) is 12.6. The molecule has 1 aromatic heterocycles. The van der Waals surface area contributed by atoms with Crippen molar-refractivity contribution in [1.29, 1.82) is 0 Å². The van der Waals surface area contributed by atoms with Crippen molar-refractivity contribution in [2.24, 2.45) is 0 Å². The van der Waals surface area contributed by atoms with Gasteiger partial charge >= 0.3 is 0 Å². The topological polar surface area (TPSA) is 55.6 Å². The second-order valence-electron chi connectivity index (χ2n) is 4.80. The van der Waals surface area contributed by atoms with Gasteiger partial charge in [-0.2, -0.15) is 0 Å². The molecule has 0 saturated carbocycles. The highest BCUT2D eigenvalue weighted by Gasteiger charge is 2.14. The second kappa shape index (κ2) is 6.43. The lowest BCUT2D eigenvalue weighted by Crippen LogP contribution is -2.23. The molecule has 0 bridgehead atoms. The van der Waals surface area contributed by atoms with E-state index in [1.165, 1.54) is 11.1 Å². The van der Waals surface area contributed by atoms with Crippen molar-refractivity contribution in [3.05, 3.63) is 41.2 Å². The van der Waals surface area contributed by atoms with Gasteiger partial charge in [0.15, 0.2) is 5.82 Å². The third-order valence-electron chi connectivity index (χ3n) is 3.23. The molecule has 2 aromatic rings. The molecule has 1 unspecified atom stereocenters. The molecule has 5 nitrogen and oxygen atoms in total. The summed E-state index contributed by atoms with van der Waals surface area (Å²) in [5.74, 6) is 0.886. The van der Waals surface area contributed by atoms with Gasteiger partial charge in [0.05, 0.1) is 12.6 Å². The van der Waals surface area contributed by atoms with Gasteiger partial charge in [-0.25, -0.2) is 4.68 Å². The van der Waals surface area contributed by atoms with Gasteiger partial charge in [0.25, 0.3) is 0 Å². The molecule has 1 atom stereocenters. The summed E-state index contributed by atoms with van der Waals surface area (Å²) in [7, 11) is 0. The van der Waals surface area contributed by atoms with Crippen LogP contribution in [-0.2, 0) is 6.54 Å². The molecular formula is C14H21N5. The fourth-order valence-electron chi connectivity index (χ4n) is 2.04. The van der Waals surface area contributed by atoms with Crippen molar-refractivity contribution in [2.75, 3.05) is 6.54 Å². The minimum absolute atomic E-state index is 0.166. The van der Waals surface area contributed by atoms with Crippen LogP contribution >= 0.6 is 0 Å². The third-order valence-corrected chi connectivity index (χ3v) is 3.23. The molecule has 0 fully saturated rings. The van der Waals surface area contributed by atoms with Gasteiger partial charge in [-0.05, 0) is 48.4 Å². The van der Waals surface area contributed by atoms with E-state index in [0.29, 0.717) is 6.54 Å². The molecule has 0 aliphatic carbocycles.